The number of hydrogen-bond donors (Lipinski definition) is 1. The van der Waals surface area contributed by atoms with Gasteiger partial charge in [-0.15, -0.1) is 11.3 Å². The molecule has 0 radical (unpaired) electrons. The van der Waals surface area contributed by atoms with E-state index in [0.717, 1.165) is 0 Å². The van der Waals surface area contributed by atoms with Crippen LogP contribution in [0, 0.1) is 5.82 Å². The molecule has 2 aromatic rings. The minimum absolute atomic E-state index is 0.349. The highest BCUT2D eigenvalue weighted by molar-refractivity contribution is 7.10. The number of halogens is 1. The third kappa shape index (κ3) is 2.41. The van der Waals surface area contributed by atoms with Crippen LogP contribution < -0.4 is 0 Å². The topological polar surface area (TPSA) is 50.2 Å². The van der Waals surface area contributed by atoms with E-state index < -0.39 is 11.9 Å². The Hall–Kier alpha value is -1.75. The van der Waals surface area contributed by atoms with Crippen LogP contribution in [-0.2, 0) is 4.79 Å². The molecule has 0 aliphatic carbocycles. The Morgan fingerprint density at radius 1 is 1.50 bits per heavy atom. The molecule has 3 nitrogen and oxygen atoms in total. The Bertz CT molecular complexity index is 568. The van der Waals surface area contributed by atoms with Crippen molar-refractivity contribution in [1.82, 2.24) is 4.98 Å². The van der Waals surface area contributed by atoms with Crippen molar-refractivity contribution in [2.24, 2.45) is 0 Å². The molecule has 94 valence electrons. The van der Waals surface area contributed by atoms with Crippen LogP contribution in [0.4, 0.5) is 4.39 Å². The van der Waals surface area contributed by atoms with Crippen molar-refractivity contribution in [3.8, 4) is 11.3 Å². The first kappa shape index (κ1) is 12.7. The second-order valence-corrected chi connectivity index (χ2v) is 4.74. The molecule has 1 heterocycles. The molecule has 1 atom stereocenters. The van der Waals surface area contributed by atoms with Gasteiger partial charge in [0, 0.05) is 10.9 Å². The summed E-state index contributed by atoms with van der Waals surface area (Å²) in [5.41, 5.74) is 0.896. The molecule has 0 aliphatic rings. The van der Waals surface area contributed by atoms with E-state index in [1.807, 2.05) is 0 Å². The second-order valence-electron chi connectivity index (χ2n) is 3.85. The molecule has 1 aromatic carbocycles. The number of benzene rings is 1. The summed E-state index contributed by atoms with van der Waals surface area (Å²) < 4.78 is 13.6. The molecular weight excluding hydrogens is 253 g/mol. The predicted octanol–water partition coefficient (Wildman–Crippen LogP) is 3.53. The highest BCUT2D eigenvalue weighted by atomic mass is 32.1. The standard InChI is InChI=1S/C13H12FNO2S/c1-2-8(13(16)17)12-15-11(7-18-12)9-5-3-4-6-10(9)14/h3-8H,2H2,1H3,(H,16,17). The van der Waals surface area contributed by atoms with Crippen molar-refractivity contribution in [2.45, 2.75) is 19.3 Å². The number of hydrogen-bond acceptors (Lipinski definition) is 3. The Labute approximate surface area is 108 Å². The summed E-state index contributed by atoms with van der Waals surface area (Å²) in [6, 6.07) is 6.34. The number of carbonyl (C=O) groups is 1. The maximum atomic E-state index is 13.6. The van der Waals surface area contributed by atoms with Gasteiger partial charge in [-0.2, -0.15) is 0 Å². The van der Waals surface area contributed by atoms with E-state index in [1.54, 1.807) is 30.5 Å². The minimum Gasteiger partial charge on any atom is -0.481 e. The molecule has 1 N–H and O–H groups in total. The van der Waals surface area contributed by atoms with Crippen molar-refractivity contribution >= 4 is 17.3 Å². The van der Waals surface area contributed by atoms with Gasteiger partial charge < -0.3 is 5.11 Å². The number of carboxylic acid groups (broad SMARTS) is 1. The van der Waals surface area contributed by atoms with Crippen LogP contribution in [0.2, 0.25) is 0 Å². The van der Waals surface area contributed by atoms with E-state index in [9.17, 15) is 9.18 Å². The first-order valence-corrected chi connectivity index (χ1v) is 6.44. The summed E-state index contributed by atoms with van der Waals surface area (Å²) in [6.07, 6.45) is 0.472. The maximum Gasteiger partial charge on any atom is 0.313 e. The lowest BCUT2D eigenvalue weighted by atomic mass is 10.1. The van der Waals surface area contributed by atoms with Crippen molar-refractivity contribution in [2.75, 3.05) is 0 Å². The second kappa shape index (κ2) is 5.27. The van der Waals surface area contributed by atoms with Crippen LogP contribution in [0.15, 0.2) is 29.6 Å². The molecule has 18 heavy (non-hydrogen) atoms. The highest BCUT2D eigenvalue weighted by Crippen LogP contribution is 2.29. The molecule has 1 aromatic heterocycles. The molecule has 0 fully saturated rings. The normalized spacial score (nSPS) is 12.3. The first-order valence-electron chi connectivity index (χ1n) is 5.56. The van der Waals surface area contributed by atoms with Gasteiger partial charge in [-0.05, 0) is 18.6 Å². The lowest BCUT2D eigenvalue weighted by Crippen LogP contribution is -2.09. The van der Waals surface area contributed by atoms with Gasteiger partial charge in [0.25, 0.3) is 0 Å². The molecule has 0 aliphatic heterocycles. The summed E-state index contributed by atoms with van der Waals surface area (Å²) in [5.74, 6) is -1.86. The van der Waals surface area contributed by atoms with Crippen LogP contribution in [0.25, 0.3) is 11.3 Å². The Morgan fingerprint density at radius 2 is 2.22 bits per heavy atom. The Balaban J connectivity index is 2.36. The molecule has 5 heteroatoms. The molecule has 0 saturated heterocycles. The number of aliphatic carboxylic acids is 1. The third-order valence-corrected chi connectivity index (χ3v) is 3.63. The smallest absolute Gasteiger partial charge is 0.313 e. The monoisotopic (exact) mass is 265 g/mol. The van der Waals surface area contributed by atoms with Gasteiger partial charge in [0.15, 0.2) is 0 Å². The quantitative estimate of drug-likeness (QED) is 0.920. The summed E-state index contributed by atoms with van der Waals surface area (Å²) in [5, 5.41) is 11.3. The van der Waals surface area contributed by atoms with E-state index in [2.05, 4.69) is 4.98 Å². The average molecular weight is 265 g/mol. The van der Waals surface area contributed by atoms with E-state index in [4.69, 9.17) is 5.11 Å². The molecule has 1 unspecified atom stereocenters. The summed E-state index contributed by atoms with van der Waals surface area (Å²) >= 11 is 1.26. The van der Waals surface area contributed by atoms with Crippen LogP contribution >= 0.6 is 11.3 Å². The lowest BCUT2D eigenvalue weighted by molar-refractivity contribution is -0.138. The van der Waals surface area contributed by atoms with Gasteiger partial charge in [0.2, 0.25) is 0 Å². The Kier molecular flexibility index (Phi) is 3.72. The Morgan fingerprint density at radius 3 is 2.83 bits per heavy atom. The van der Waals surface area contributed by atoms with Crippen molar-refractivity contribution < 1.29 is 14.3 Å². The van der Waals surface area contributed by atoms with Crippen molar-refractivity contribution in [1.29, 1.82) is 0 Å². The zero-order valence-corrected chi connectivity index (χ0v) is 10.6. The fourth-order valence-electron chi connectivity index (χ4n) is 1.70. The van der Waals surface area contributed by atoms with Crippen LogP contribution in [-0.4, -0.2) is 16.1 Å². The molecule has 0 saturated carbocycles. The molecule has 2 rings (SSSR count). The highest BCUT2D eigenvalue weighted by Gasteiger charge is 2.21. The first-order chi connectivity index (χ1) is 8.63. The summed E-state index contributed by atoms with van der Waals surface area (Å²) in [4.78, 5) is 15.3. The number of carboxylic acids is 1. The van der Waals surface area contributed by atoms with Crippen molar-refractivity contribution in [3.05, 3.63) is 40.5 Å². The van der Waals surface area contributed by atoms with Gasteiger partial charge >= 0.3 is 5.97 Å². The van der Waals surface area contributed by atoms with Gasteiger partial charge in [-0.1, -0.05) is 19.1 Å². The minimum atomic E-state index is -0.896. The van der Waals surface area contributed by atoms with E-state index >= 15 is 0 Å². The lowest BCUT2D eigenvalue weighted by Gasteiger charge is -2.04. The van der Waals surface area contributed by atoms with E-state index in [1.165, 1.54) is 17.4 Å². The van der Waals surface area contributed by atoms with Crippen LogP contribution in [0.3, 0.4) is 0 Å². The number of nitrogens with zero attached hydrogens (tertiary/aromatic N) is 1. The SMILES string of the molecule is CCC(C(=O)O)c1nc(-c2ccccc2F)cs1. The van der Waals surface area contributed by atoms with Crippen LogP contribution in [0.1, 0.15) is 24.3 Å². The molecule has 0 spiro atoms. The fraction of sp³-hybridized carbons (Fsp3) is 0.231. The number of aromatic nitrogens is 1. The summed E-state index contributed by atoms with van der Waals surface area (Å²) in [7, 11) is 0. The fourth-order valence-corrected chi connectivity index (χ4v) is 2.69. The predicted molar refractivity (Wildman–Crippen MR) is 68.2 cm³/mol. The molecular formula is C13H12FNO2S. The zero-order valence-electron chi connectivity index (χ0n) is 9.76. The van der Waals surface area contributed by atoms with Crippen LogP contribution in [0.5, 0.6) is 0 Å². The van der Waals surface area contributed by atoms with Gasteiger partial charge in [-0.3, -0.25) is 4.79 Å². The van der Waals surface area contributed by atoms with E-state index in [0.29, 0.717) is 22.7 Å². The summed E-state index contributed by atoms with van der Waals surface area (Å²) in [6.45, 7) is 1.79. The van der Waals surface area contributed by atoms with Gasteiger partial charge in [-0.25, -0.2) is 9.37 Å². The molecule has 0 bridgehead atoms. The maximum absolute atomic E-state index is 13.6. The average Bonchev–Trinajstić information content (AvgIpc) is 2.79. The van der Waals surface area contributed by atoms with Gasteiger partial charge in [0.1, 0.15) is 16.7 Å². The largest absolute Gasteiger partial charge is 0.481 e. The zero-order chi connectivity index (χ0) is 13.1. The number of rotatable bonds is 4. The van der Waals surface area contributed by atoms with Crippen molar-refractivity contribution in [3.63, 3.8) is 0 Å². The molecule has 0 amide bonds. The van der Waals surface area contributed by atoms with Gasteiger partial charge in [0.05, 0.1) is 5.69 Å². The third-order valence-electron chi connectivity index (χ3n) is 2.68. The number of thiazole rings is 1. The van der Waals surface area contributed by atoms with E-state index in [-0.39, 0.29) is 5.82 Å².